The standard InChI is InChI=1S/C29H23F6N5O3/c30-16-8-14(9-17(31)12-16)10-22(25-18(2-1-7-38-25)15-3-5-21(32)20(11-15)28(37)43)40-24(42)13-39-26-19(4-6-23(26)41)27(36)29(33,34)35/h1-3,5,7-9,11-12,22H,4,6,10,13,36H2,(H2,37,43)(H,40,42). The lowest BCUT2D eigenvalue weighted by atomic mass is 9.94. The molecule has 1 aromatic heterocycles. The number of aromatic nitrogens is 1. The third-order valence-electron chi connectivity index (χ3n) is 6.57. The number of halogens is 6. The maximum atomic E-state index is 14.2. The van der Waals surface area contributed by atoms with Gasteiger partial charge in [-0.15, -0.1) is 0 Å². The summed E-state index contributed by atoms with van der Waals surface area (Å²) in [6.07, 6.45) is -4.32. The van der Waals surface area contributed by atoms with Crippen molar-refractivity contribution in [3.8, 4) is 11.1 Å². The second kappa shape index (κ2) is 12.5. The molecule has 0 spiro atoms. The van der Waals surface area contributed by atoms with Gasteiger partial charge in [0, 0.05) is 29.8 Å². The van der Waals surface area contributed by atoms with Gasteiger partial charge in [0.15, 0.2) is 5.78 Å². The SMILES string of the molecule is NC(=O)c1cc(-c2cccnc2C(Cc2cc(F)cc(F)c2)NC(=O)CN=C2C(=O)CCC2=C(N)C(F)(F)F)ccc1F. The van der Waals surface area contributed by atoms with Gasteiger partial charge in [-0.05, 0) is 54.3 Å². The predicted octanol–water partition coefficient (Wildman–Crippen LogP) is 4.24. The monoisotopic (exact) mass is 603 g/mol. The lowest BCUT2D eigenvalue weighted by Crippen LogP contribution is -2.33. The molecule has 1 saturated carbocycles. The van der Waals surface area contributed by atoms with Crippen LogP contribution in [0.1, 0.15) is 40.5 Å². The molecule has 3 aromatic rings. The summed E-state index contributed by atoms with van der Waals surface area (Å²) >= 11 is 0. The Hall–Kier alpha value is -5.01. The zero-order chi connectivity index (χ0) is 31.5. The summed E-state index contributed by atoms with van der Waals surface area (Å²) in [5, 5.41) is 2.59. The molecule has 1 fully saturated rings. The Kier molecular flexibility index (Phi) is 8.97. The highest BCUT2D eigenvalue weighted by atomic mass is 19.4. The normalized spacial score (nSPS) is 16.3. The molecule has 1 unspecified atom stereocenters. The number of rotatable bonds is 8. The number of Topliss-reactive ketones (excluding diaryl/α,β-unsaturated/α-hetero) is 1. The Morgan fingerprint density at radius 3 is 2.35 bits per heavy atom. The largest absolute Gasteiger partial charge is 0.431 e. The Morgan fingerprint density at radius 2 is 1.70 bits per heavy atom. The number of allylic oxidation sites excluding steroid dienone is 2. The van der Waals surface area contributed by atoms with E-state index in [4.69, 9.17) is 11.5 Å². The number of aliphatic imine (C=N–C) groups is 1. The number of nitrogens with one attached hydrogen (secondary N) is 1. The van der Waals surface area contributed by atoms with Crippen LogP contribution in [0.5, 0.6) is 0 Å². The van der Waals surface area contributed by atoms with Gasteiger partial charge in [-0.25, -0.2) is 13.2 Å². The second-order valence-electron chi connectivity index (χ2n) is 9.57. The second-order valence-corrected chi connectivity index (χ2v) is 9.57. The van der Waals surface area contributed by atoms with Crippen LogP contribution in [-0.2, 0) is 16.0 Å². The zero-order valence-corrected chi connectivity index (χ0v) is 22.1. The lowest BCUT2D eigenvalue weighted by molar-refractivity contribution is -0.120. The summed E-state index contributed by atoms with van der Waals surface area (Å²) in [5.41, 5.74) is 8.32. The molecule has 1 aliphatic rings. The van der Waals surface area contributed by atoms with E-state index in [0.717, 1.165) is 18.2 Å². The molecule has 1 heterocycles. The highest BCUT2D eigenvalue weighted by molar-refractivity contribution is 6.48. The van der Waals surface area contributed by atoms with Crippen LogP contribution in [0.2, 0.25) is 0 Å². The van der Waals surface area contributed by atoms with E-state index in [1.54, 1.807) is 6.07 Å². The van der Waals surface area contributed by atoms with Crippen LogP contribution < -0.4 is 16.8 Å². The minimum Gasteiger partial charge on any atom is -0.394 e. The minimum atomic E-state index is -4.90. The van der Waals surface area contributed by atoms with Crippen LogP contribution in [0.25, 0.3) is 11.1 Å². The van der Waals surface area contributed by atoms with E-state index in [9.17, 15) is 40.7 Å². The average molecular weight is 604 g/mol. The lowest BCUT2D eigenvalue weighted by Gasteiger charge is -2.21. The van der Waals surface area contributed by atoms with Crippen LogP contribution in [-0.4, -0.2) is 41.0 Å². The van der Waals surface area contributed by atoms with Crippen molar-refractivity contribution in [2.45, 2.75) is 31.5 Å². The van der Waals surface area contributed by atoms with Gasteiger partial charge in [-0.2, -0.15) is 13.2 Å². The first kappa shape index (κ1) is 30.9. The number of hydrogen-bond donors (Lipinski definition) is 3. The number of pyridine rings is 1. The first-order valence-electron chi connectivity index (χ1n) is 12.7. The number of amides is 2. The molecule has 224 valence electrons. The highest BCUT2D eigenvalue weighted by Crippen LogP contribution is 2.32. The number of hydrogen-bond acceptors (Lipinski definition) is 6. The molecule has 5 N–H and O–H groups in total. The van der Waals surface area contributed by atoms with Crippen molar-refractivity contribution < 1.29 is 40.7 Å². The van der Waals surface area contributed by atoms with Crippen LogP contribution >= 0.6 is 0 Å². The molecule has 0 saturated heterocycles. The van der Waals surface area contributed by atoms with Gasteiger partial charge in [0.05, 0.1) is 17.3 Å². The molecule has 1 aliphatic carbocycles. The number of alkyl halides is 3. The summed E-state index contributed by atoms with van der Waals surface area (Å²) in [6.45, 7) is -0.783. The molecule has 1 atom stereocenters. The Morgan fingerprint density at radius 1 is 1.00 bits per heavy atom. The Bertz CT molecular complexity index is 1650. The van der Waals surface area contributed by atoms with Gasteiger partial charge in [-0.1, -0.05) is 12.1 Å². The fourth-order valence-corrected chi connectivity index (χ4v) is 4.65. The van der Waals surface area contributed by atoms with Gasteiger partial charge < -0.3 is 16.8 Å². The first-order chi connectivity index (χ1) is 20.2. The molecule has 0 aliphatic heterocycles. The van der Waals surface area contributed by atoms with E-state index in [2.05, 4.69) is 15.3 Å². The van der Waals surface area contributed by atoms with E-state index >= 15 is 0 Å². The van der Waals surface area contributed by atoms with Crippen molar-refractivity contribution in [2.24, 2.45) is 16.5 Å². The van der Waals surface area contributed by atoms with Crippen molar-refractivity contribution in [3.05, 3.63) is 100 Å². The number of ketones is 1. The fraction of sp³-hybridized carbons (Fsp3) is 0.207. The van der Waals surface area contributed by atoms with Crippen molar-refractivity contribution in [3.63, 3.8) is 0 Å². The third-order valence-corrected chi connectivity index (χ3v) is 6.57. The van der Waals surface area contributed by atoms with Gasteiger partial charge in [0.1, 0.15) is 35.4 Å². The van der Waals surface area contributed by atoms with E-state index in [1.165, 1.54) is 24.4 Å². The van der Waals surface area contributed by atoms with E-state index in [1.807, 2.05) is 0 Å². The molecule has 2 amide bonds. The van der Waals surface area contributed by atoms with Crippen molar-refractivity contribution in [2.75, 3.05) is 6.54 Å². The minimum absolute atomic E-state index is 0.108. The molecule has 0 radical (unpaired) electrons. The summed E-state index contributed by atoms with van der Waals surface area (Å²) in [6, 6.07) is 8.17. The summed E-state index contributed by atoms with van der Waals surface area (Å²) in [5.74, 6) is -5.27. The maximum Gasteiger partial charge on any atom is 0.431 e. The van der Waals surface area contributed by atoms with Crippen molar-refractivity contribution >= 4 is 23.3 Å². The van der Waals surface area contributed by atoms with Crippen molar-refractivity contribution in [1.82, 2.24) is 10.3 Å². The summed E-state index contributed by atoms with van der Waals surface area (Å²) in [7, 11) is 0. The highest BCUT2D eigenvalue weighted by Gasteiger charge is 2.39. The molecule has 14 heteroatoms. The molecule has 43 heavy (non-hydrogen) atoms. The fourth-order valence-electron chi connectivity index (χ4n) is 4.65. The van der Waals surface area contributed by atoms with Crippen LogP contribution in [0.4, 0.5) is 26.3 Å². The number of nitrogens with zero attached hydrogens (tertiary/aromatic N) is 2. The topological polar surface area (TPSA) is 141 Å². The smallest absolute Gasteiger partial charge is 0.394 e. The molecule has 0 bridgehead atoms. The zero-order valence-electron chi connectivity index (χ0n) is 22.1. The quantitative estimate of drug-likeness (QED) is 0.331. The van der Waals surface area contributed by atoms with Crippen LogP contribution in [0.3, 0.4) is 0 Å². The van der Waals surface area contributed by atoms with Gasteiger partial charge >= 0.3 is 6.18 Å². The number of benzene rings is 2. The van der Waals surface area contributed by atoms with Gasteiger partial charge in [-0.3, -0.25) is 24.4 Å². The molecule has 8 nitrogen and oxygen atoms in total. The summed E-state index contributed by atoms with van der Waals surface area (Å²) < 4.78 is 81.6. The first-order valence-corrected chi connectivity index (χ1v) is 12.7. The molecular weight excluding hydrogens is 580 g/mol. The van der Waals surface area contributed by atoms with E-state index in [-0.39, 0.29) is 36.1 Å². The number of primary amides is 1. The molecule has 4 rings (SSSR count). The number of nitrogens with two attached hydrogens (primary N) is 2. The van der Waals surface area contributed by atoms with E-state index in [0.29, 0.717) is 11.6 Å². The predicted molar refractivity (Wildman–Crippen MR) is 143 cm³/mol. The third kappa shape index (κ3) is 7.26. The molecule has 2 aromatic carbocycles. The molecular formula is C29H23F6N5O3. The Balaban J connectivity index is 1.72. The summed E-state index contributed by atoms with van der Waals surface area (Å²) in [4.78, 5) is 45.1. The average Bonchev–Trinajstić information content (AvgIpc) is 3.30. The Labute approximate surface area is 240 Å². The maximum absolute atomic E-state index is 14.2. The van der Waals surface area contributed by atoms with Crippen LogP contribution in [0, 0.1) is 17.5 Å². The van der Waals surface area contributed by atoms with E-state index < -0.39 is 76.4 Å². The van der Waals surface area contributed by atoms with Gasteiger partial charge in [0.25, 0.3) is 5.91 Å². The number of carbonyl (C=O) groups is 3. The van der Waals surface area contributed by atoms with Crippen molar-refractivity contribution in [1.29, 1.82) is 0 Å². The van der Waals surface area contributed by atoms with Gasteiger partial charge in [0.2, 0.25) is 5.91 Å². The number of carbonyl (C=O) groups excluding carboxylic acids is 3. The van der Waals surface area contributed by atoms with Crippen LogP contribution in [0.15, 0.2) is 71.0 Å².